The molecular formula is C31H41N3O6. The van der Waals surface area contributed by atoms with Crippen molar-refractivity contribution in [2.75, 3.05) is 31.6 Å². The van der Waals surface area contributed by atoms with Crippen LogP contribution in [0.5, 0.6) is 0 Å². The van der Waals surface area contributed by atoms with Crippen LogP contribution in [0.4, 0.5) is 10.5 Å². The van der Waals surface area contributed by atoms with E-state index in [2.05, 4.69) is 16.3 Å². The number of hydrogen-bond donors (Lipinski definition) is 1. The number of ether oxygens (including phenoxy) is 3. The number of amides is 2. The first kappa shape index (κ1) is 29.6. The van der Waals surface area contributed by atoms with Gasteiger partial charge in [0.25, 0.3) is 0 Å². The third kappa shape index (κ3) is 8.29. The summed E-state index contributed by atoms with van der Waals surface area (Å²) >= 11 is 0. The van der Waals surface area contributed by atoms with Gasteiger partial charge in [0, 0.05) is 37.4 Å². The van der Waals surface area contributed by atoms with Crippen LogP contribution in [0.25, 0.3) is 0 Å². The maximum Gasteiger partial charge on any atom is 0.410 e. The summed E-state index contributed by atoms with van der Waals surface area (Å²) in [4.78, 5) is 41.2. The topological polar surface area (TPSA) is 97.4 Å². The molecule has 0 saturated carbocycles. The summed E-state index contributed by atoms with van der Waals surface area (Å²) in [6.07, 6.45) is 2.11. The van der Waals surface area contributed by atoms with Crippen molar-refractivity contribution in [2.24, 2.45) is 0 Å². The van der Waals surface area contributed by atoms with Gasteiger partial charge in [-0.25, -0.2) is 4.79 Å². The fourth-order valence-electron chi connectivity index (χ4n) is 5.57. The lowest BCUT2D eigenvalue weighted by Crippen LogP contribution is -2.52. The first-order valence-corrected chi connectivity index (χ1v) is 14.2. The molecular weight excluding hydrogens is 510 g/mol. The van der Waals surface area contributed by atoms with Crippen LogP contribution in [-0.2, 0) is 43.4 Å². The first-order chi connectivity index (χ1) is 19.3. The van der Waals surface area contributed by atoms with Crippen LogP contribution in [-0.4, -0.2) is 72.3 Å². The molecule has 0 spiro atoms. The number of carbonyl (C=O) groups is 3. The maximum atomic E-state index is 12.8. The lowest BCUT2D eigenvalue weighted by Gasteiger charge is -2.41. The standard InChI is InChI=1S/C31H41N3O6/c1-4-38-30(36)13-15-33-14-12-25-10-11-27(18-26(25)19-33)32-29(35)21-39-28-16-22(2)34(23(3)17-28)31(37)40-20-24-8-6-5-7-9-24/h5-11,18,22-23,28H,4,12-17,19-21H2,1-3H3,(H,32,35). The van der Waals surface area contributed by atoms with Gasteiger partial charge in [-0.1, -0.05) is 36.4 Å². The quantitative estimate of drug-likeness (QED) is 0.433. The molecule has 2 heterocycles. The van der Waals surface area contributed by atoms with Crippen molar-refractivity contribution >= 4 is 23.7 Å². The highest BCUT2D eigenvalue weighted by Gasteiger charge is 2.35. The van der Waals surface area contributed by atoms with Gasteiger partial charge in [0.2, 0.25) is 5.91 Å². The molecule has 0 aliphatic carbocycles. The van der Waals surface area contributed by atoms with Gasteiger partial charge in [-0.3, -0.25) is 14.5 Å². The molecule has 2 atom stereocenters. The van der Waals surface area contributed by atoms with E-state index in [4.69, 9.17) is 14.2 Å². The Hall–Kier alpha value is -3.43. The van der Waals surface area contributed by atoms with E-state index in [1.807, 2.05) is 63.2 Å². The van der Waals surface area contributed by atoms with Gasteiger partial charge in [-0.15, -0.1) is 0 Å². The van der Waals surface area contributed by atoms with Crippen LogP contribution in [0, 0.1) is 0 Å². The number of fused-ring (bicyclic) bond motifs is 1. The highest BCUT2D eigenvalue weighted by molar-refractivity contribution is 5.91. The highest BCUT2D eigenvalue weighted by atomic mass is 16.6. The zero-order chi connectivity index (χ0) is 28.5. The number of benzene rings is 2. The van der Waals surface area contributed by atoms with Gasteiger partial charge in [0.05, 0.1) is 19.1 Å². The Morgan fingerprint density at radius 3 is 2.45 bits per heavy atom. The Morgan fingerprint density at radius 2 is 1.73 bits per heavy atom. The van der Waals surface area contributed by atoms with Gasteiger partial charge in [-0.05, 0) is 68.9 Å². The summed E-state index contributed by atoms with van der Waals surface area (Å²) in [5.74, 6) is -0.383. The summed E-state index contributed by atoms with van der Waals surface area (Å²) in [5.41, 5.74) is 4.10. The molecule has 4 rings (SSSR count). The third-order valence-electron chi connectivity index (χ3n) is 7.54. The van der Waals surface area contributed by atoms with Crippen LogP contribution in [0.3, 0.4) is 0 Å². The van der Waals surface area contributed by atoms with E-state index in [1.54, 1.807) is 4.90 Å². The molecule has 0 bridgehead atoms. The summed E-state index contributed by atoms with van der Waals surface area (Å²) in [6, 6.07) is 15.5. The van der Waals surface area contributed by atoms with Crippen LogP contribution < -0.4 is 5.32 Å². The average Bonchev–Trinajstić information content (AvgIpc) is 2.94. The van der Waals surface area contributed by atoms with Crippen molar-refractivity contribution in [1.29, 1.82) is 0 Å². The molecule has 0 radical (unpaired) electrons. The Kier molecular flexibility index (Phi) is 10.5. The number of likely N-dealkylation sites (tertiary alicyclic amines) is 1. The molecule has 2 aliphatic rings. The number of anilines is 1. The first-order valence-electron chi connectivity index (χ1n) is 14.2. The molecule has 1 saturated heterocycles. The van der Waals surface area contributed by atoms with Crippen LogP contribution in [0.2, 0.25) is 0 Å². The van der Waals surface area contributed by atoms with E-state index in [9.17, 15) is 14.4 Å². The molecule has 2 amide bonds. The van der Waals surface area contributed by atoms with Gasteiger partial charge < -0.3 is 24.4 Å². The second kappa shape index (κ2) is 14.3. The number of esters is 1. The SMILES string of the molecule is CCOC(=O)CCN1CCc2ccc(NC(=O)COC3CC(C)N(C(=O)OCc4ccccc4)C(C)C3)cc2C1. The minimum Gasteiger partial charge on any atom is -0.466 e. The Morgan fingerprint density at radius 1 is 0.975 bits per heavy atom. The monoisotopic (exact) mass is 551 g/mol. The number of rotatable bonds is 10. The number of piperidine rings is 1. The second-order valence-electron chi connectivity index (χ2n) is 10.7. The smallest absolute Gasteiger partial charge is 0.410 e. The fraction of sp³-hybridized carbons (Fsp3) is 0.516. The van der Waals surface area contributed by atoms with Crippen LogP contribution in [0.1, 0.15) is 56.7 Å². The molecule has 216 valence electrons. The van der Waals surface area contributed by atoms with Crippen molar-refractivity contribution in [1.82, 2.24) is 9.80 Å². The predicted octanol–water partition coefficient (Wildman–Crippen LogP) is 4.53. The van der Waals surface area contributed by atoms with Gasteiger partial charge >= 0.3 is 12.1 Å². The number of nitrogens with zero attached hydrogens (tertiary/aromatic N) is 2. The predicted molar refractivity (Wildman–Crippen MR) is 152 cm³/mol. The zero-order valence-electron chi connectivity index (χ0n) is 23.8. The van der Waals surface area contributed by atoms with Gasteiger partial charge in [-0.2, -0.15) is 0 Å². The molecule has 2 aromatic rings. The zero-order valence-corrected chi connectivity index (χ0v) is 23.8. The highest BCUT2D eigenvalue weighted by Crippen LogP contribution is 2.27. The van der Waals surface area contributed by atoms with Crippen LogP contribution in [0.15, 0.2) is 48.5 Å². The average molecular weight is 552 g/mol. The molecule has 1 N–H and O–H groups in total. The molecule has 2 unspecified atom stereocenters. The lowest BCUT2D eigenvalue weighted by molar-refractivity contribution is -0.143. The summed E-state index contributed by atoms with van der Waals surface area (Å²) in [5, 5.41) is 2.95. The van der Waals surface area contributed by atoms with Crippen molar-refractivity contribution < 1.29 is 28.6 Å². The number of hydrogen-bond acceptors (Lipinski definition) is 7. The molecule has 0 aromatic heterocycles. The summed E-state index contributed by atoms with van der Waals surface area (Å²) in [7, 11) is 0. The Balaban J connectivity index is 1.21. The fourth-order valence-corrected chi connectivity index (χ4v) is 5.57. The van der Waals surface area contributed by atoms with E-state index < -0.39 is 0 Å². The summed E-state index contributed by atoms with van der Waals surface area (Å²) in [6.45, 7) is 8.65. The van der Waals surface area contributed by atoms with Crippen molar-refractivity contribution in [3.05, 3.63) is 65.2 Å². The van der Waals surface area contributed by atoms with E-state index in [-0.39, 0.29) is 49.4 Å². The molecule has 9 heteroatoms. The maximum absolute atomic E-state index is 12.8. The van der Waals surface area contributed by atoms with Crippen LogP contribution >= 0.6 is 0 Å². The molecule has 9 nitrogen and oxygen atoms in total. The summed E-state index contributed by atoms with van der Waals surface area (Å²) < 4.78 is 16.6. The van der Waals surface area contributed by atoms with E-state index in [0.717, 1.165) is 36.3 Å². The van der Waals surface area contributed by atoms with E-state index in [0.29, 0.717) is 32.4 Å². The van der Waals surface area contributed by atoms with Gasteiger partial charge in [0.1, 0.15) is 13.2 Å². The molecule has 40 heavy (non-hydrogen) atoms. The van der Waals surface area contributed by atoms with Crippen molar-refractivity contribution in [3.8, 4) is 0 Å². The Labute approximate surface area is 236 Å². The second-order valence-corrected chi connectivity index (χ2v) is 10.7. The normalized spacial score (nSPS) is 20.9. The minimum atomic E-state index is -0.327. The number of carbonyl (C=O) groups excluding carboxylic acids is 3. The Bertz CT molecular complexity index is 1150. The van der Waals surface area contributed by atoms with Gasteiger partial charge in [0.15, 0.2) is 0 Å². The lowest BCUT2D eigenvalue weighted by atomic mass is 9.95. The molecule has 2 aromatic carbocycles. The van der Waals surface area contributed by atoms with Crippen molar-refractivity contribution in [3.63, 3.8) is 0 Å². The molecule has 2 aliphatic heterocycles. The minimum absolute atomic E-state index is 0.0503. The number of nitrogens with one attached hydrogen (secondary N) is 1. The van der Waals surface area contributed by atoms with Crippen molar-refractivity contribution in [2.45, 2.75) is 77.8 Å². The van der Waals surface area contributed by atoms with E-state index in [1.165, 1.54) is 5.56 Å². The third-order valence-corrected chi connectivity index (χ3v) is 7.54. The van der Waals surface area contributed by atoms with E-state index >= 15 is 0 Å². The molecule has 1 fully saturated rings. The largest absolute Gasteiger partial charge is 0.466 e.